The molecule has 0 aliphatic carbocycles. The Hall–Kier alpha value is -4.26. The number of para-hydroxylation sites is 1. The number of carbonyl (C=O) groups is 2. The average molecular weight is 428 g/mol. The Balaban J connectivity index is 1.46. The van der Waals surface area contributed by atoms with Crippen LogP contribution in [0.1, 0.15) is 20.7 Å². The summed E-state index contributed by atoms with van der Waals surface area (Å²) in [5.41, 5.74) is 2.60. The van der Waals surface area contributed by atoms with Crippen molar-refractivity contribution < 1.29 is 14.0 Å². The van der Waals surface area contributed by atoms with Crippen LogP contribution in [-0.4, -0.2) is 34.7 Å². The number of nitrogens with zero attached hydrogens (tertiary/aromatic N) is 2. The summed E-state index contributed by atoms with van der Waals surface area (Å²) in [6.07, 6.45) is 1.69. The minimum atomic E-state index is -0.588. The summed E-state index contributed by atoms with van der Waals surface area (Å²) >= 11 is 0. The number of carbonyl (C=O) groups excluding carboxylic acids is 2. The van der Waals surface area contributed by atoms with Gasteiger partial charge in [0, 0.05) is 24.8 Å². The molecule has 6 nitrogen and oxygen atoms in total. The van der Waals surface area contributed by atoms with Gasteiger partial charge in [0.05, 0.1) is 16.8 Å². The molecule has 0 bridgehead atoms. The average Bonchev–Trinajstić information content (AvgIpc) is 3.29. The van der Waals surface area contributed by atoms with Gasteiger partial charge in [0.1, 0.15) is 11.5 Å². The first-order valence-electron chi connectivity index (χ1n) is 10.1. The molecule has 0 aliphatic rings. The summed E-state index contributed by atoms with van der Waals surface area (Å²) in [6.45, 7) is 0.343. The summed E-state index contributed by atoms with van der Waals surface area (Å²) in [5.74, 6) is -1.43. The Bertz CT molecular complexity index is 1220. The van der Waals surface area contributed by atoms with Crippen LogP contribution in [0.2, 0.25) is 0 Å². The summed E-state index contributed by atoms with van der Waals surface area (Å²) in [6, 6.07) is 24.7. The topological polar surface area (TPSA) is 76.0 Å². The molecule has 0 saturated heterocycles. The van der Waals surface area contributed by atoms with E-state index >= 15 is 0 Å². The van der Waals surface area contributed by atoms with Crippen molar-refractivity contribution in [3.05, 3.63) is 108 Å². The van der Waals surface area contributed by atoms with Crippen molar-refractivity contribution in [2.45, 2.75) is 0 Å². The number of aromatic nitrogens is 2. The molecule has 1 heterocycles. The van der Waals surface area contributed by atoms with Crippen LogP contribution >= 0.6 is 0 Å². The van der Waals surface area contributed by atoms with Gasteiger partial charge in [-0.05, 0) is 24.3 Å². The van der Waals surface area contributed by atoms with Crippen LogP contribution < -0.4 is 10.6 Å². The molecule has 7 heteroatoms. The van der Waals surface area contributed by atoms with E-state index < -0.39 is 11.7 Å². The summed E-state index contributed by atoms with van der Waals surface area (Å²) in [4.78, 5) is 25.0. The molecule has 4 aromatic rings. The van der Waals surface area contributed by atoms with Gasteiger partial charge in [0.2, 0.25) is 0 Å². The molecule has 0 aliphatic heterocycles. The number of nitrogens with one attached hydrogen (secondary N) is 2. The molecular weight excluding hydrogens is 407 g/mol. The SMILES string of the molecule is O=C(NCCNC(=O)c1cn(-c2ccccc2)nc1-c1ccccc1)c1ccccc1F. The van der Waals surface area contributed by atoms with Crippen molar-refractivity contribution >= 4 is 11.8 Å². The van der Waals surface area contributed by atoms with Gasteiger partial charge in [0.25, 0.3) is 11.8 Å². The number of rotatable bonds is 7. The van der Waals surface area contributed by atoms with E-state index in [0.29, 0.717) is 11.3 Å². The molecule has 4 rings (SSSR count). The van der Waals surface area contributed by atoms with E-state index in [1.807, 2.05) is 60.7 Å². The smallest absolute Gasteiger partial charge is 0.255 e. The van der Waals surface area contributed by atoms with Gasteiger partial charge in [-0.25, -0.2) is 9.07 Å². The van der Waals surface area contributed by atoms with Crippen LogP contribution in [0.4, 0.5) is 4.39 Å². The van der Waals surface area contributed by atoms with E-state index in [4.69, 9.17) is 0 Å². The van der Waals surface area contributed by atoms with Gasteiger partial charge in [-0.2, -0.15) is 5.10 Å². The van der Waals surface area contributed by atoms with Crippen LogP contribution in [0.25, 0.3) is 16.9 Å². The first-order chi connectivity index (χ1) is 15.6. The number of hydrogen-bond donors (Lipinski definition) is 2. The molecule has 32 heavy (non-hydrogen) atoms. The Morgan fingerprint density at radius 1 is 0.750 bits per heavy atom. The predicted molar refractivity (Wildman–Crippen MR) is 120 cm³/mol. The van der Waals surface area contributed by atoms with Crippen LogP contribution in [0.5, 0.6) is 0 Å². The van der Waals surface area contributed by atoms with E-state index in [9.17, 15) is 14.0 Å². The fourth-order valence-corrected chi connectivity index (χ4v) is 3.25. The monoisotopic (exact) mass is 428 g/mol. The predicted octanol–water partition coefficient (Wildman–Crippen LogP) is 3.84. The number of halogens is 1. The Morgan fingerprint density at radius 2 is 1.31 bits per heavy atom. The zero-order chi connectivity index (χ0) is 22.3. The van der Waals surface area contributed by atoms with Gasteiger partial charge in [0.15, 0.2) is 0 Å². The third kappa shape index (κ3) is 4.73. The third-order valence-electron chi connectivity index (χ3n) is 4.84. The highest BCUT2D eigenvalue weighted by atomic mass is 19.1. The Morgan fingerprint density at radius 3 is 1.97 bits per heavy atom. The minimum absolute atomic E-state index is 0.0330. The lowest BCUT2D eigenvalue weighted by Gasteiger charge is -2.08. The number of benzene rings is 3. The van der Waals surface area contributed by atoms with E-state index in [-0.39, 0.29) is 24.6 Å². The zero-order valence-corrected chi connectivity index (χ0v) is 17.2. The van der Waals surface area contributed by atoms with Gasteiger partial charge >= 0.3 is 0 Å². The Kier molecular flexibility index (Phi) is 6.36. The van der Waals surface area contributed by atoms with Crippen molar-refractivity contribution in [3.63, 3.8) is 0 Å². The first-order valence-corrected chi connectivity index (χ1v) is 10.1. The second-order valence-corrected chi connectivity index (χ2v) is 7.03. The molecule has 2 N–H and O–H groups in total. The van der Waals surface area contributed by atoms with Gasteiger partial charge < -0.3 is 10.6 Å². The van der Waals surface area contributed by atoms with E-state index in [0.717, 1.165) is 11.3 Å². The molecule has 0 atom stereocenters. The highest BCUT2D eigenvalue weighted by Gasteiger charge is 2.18. The van der Waals surface area contributed by atoms with E-state index in [2.05, 4.69) is 15.7 Å². The molecule has 1 aromatic heterocycles. The highest BCUT2D eigenvalue weighted by Crippen LogP contribution is 2.23. The summed E-state index contributed by atoms with van der Waals surface area (Å²) in [5, 5.41) is 10.0. The largest absolute Gasteiger partial charge is 0.350 e. The number of amides is 2. The van der Waals surface area contributed by atoms with Crippen LogP contribution in [0.15, 0.2) is 91.1 Å². The van der Waals surface area contributed by atoms with Gasteiger partial charge in [-0.15, -0.1) is 0 Å². The lowest BCUT2D eigenvalue weighted by Crippen LogP contribution is -2.35. The molecule has 0 fully saturated rings. The fraction of sp³-hybridized carbons (Fsp3) is 0.0800. The van der Waals surface area contributed by atoms with E-state index in [1.54, 1.807) is 16.9 Å². The highest BCUT2D eigenvalue weighted by molar-refractivity contribution is 6.00. The second-order valence-electron chi connectivity index (χ2n) is 7.03. The first kappa shape index (κ1) is 21.0. The maximum atomic E-state index is 13.7. The Labute approximate surface area is 184 Å². The zero-order valence-electron chi connectivity index (χ0n) is 17.2. The second kappa shape index (κ2) is 9.70. The normalized spacial score (nSPS) is 10.5. The molecule has 0 spiro atoms. The molecule has 160 valence electrons. The van der Waals surface area contributed by atoms with Crippen molar-refractivity contribution in [1.82, 2.24) is 20.4 Å². The number of hydrogen-bond acceptors (Lipinski definition) is 3. The van der Waals surface area contributed by atoms with Crippen molar-refractivity contribution in [2.75, 3.05) is 13.1 Å². The van der Waals surface area contributed by atoms with Crippen LogP contribution in [0, 0.1) is 5.82 Å². The molecule has 0 saturated carbocycles. The summed E-state index contributed by atoms with van der Waals surface area (Å²) in [7, 11) is 0. The molecule has 0 radical (unpaired) electrons. The lowest BCUT2D eigenvalue weighted by molar-refractivity contribution is 0.0925. The maximum absolute atomic E-state index is 13.7. The minimum Gasteiger partial charge on any atom is -0.350 e. The molecule has 2 amide bonds. The van der Waals surface area contributed by atoms with Crippen molar-refractivity contribution in [1.29, 1.82) is 0 Å². The standard InChI is InChI=1S/C25H21FN4O2/c26-22-14-8-7-13-20(22)24(31)27-15-16-28-25(32)21-17-30(19-11-5-2-6-12-19)29-23(21)18-9-3-1-4-10-18/h1-14,17H,15-16H2,(H,27,31)(H,28,32). The lowest BCUT2D eigenvalue weighted by atomic mass is 10.1. The quantitative estimate of drug-likeness (QED) is 0.439. The van der Waals surface area contributed by atoms with Crippen molar-refractivity contribution in [2.24, 2.45) is 0 Å². The molecule has 3 aromatic carbocycles. The summed E-state index contributed by atoms with van der Waals surface area (Å²) < 4.78 is 15.4. The third-order valence-corrected chi connectivity index (χ3v) is 4.84. The van der Waals surface area contributed by atoms with Crippen LogP contribution in [-0.2, 0) is 0 Å². The van der Waals surface area contributed by atoms with Crippen LogP contribution in [0.3, 0.4) is 0 Å². The molecular formula is C25H21FN4O2. The van der Waals surface area contributed by atoms with Gasteiger partial charge in [-0.1, -0.05) is 60.7 Å². The van der Waals surface area contributed by atoms with Gasteiger partial charge in [-0.3, -0.25) is 9.59 Å². The van der Waals surface area contributed by atoms with E-state index in [1.165, 1.54) is 18.2 Å². The molecule has 0 unspecified atom stereocenters. The van der Waals surface area contributed by atoms with Crippen molar-refractivity contribution in [3.8, 4) is 16.9 Å². The fourth-order valence-electron chi connectivity index (χ4n) is 3.25. The maximum Gasteiger partial charge on any atom is 0.255 e.